The number of aromatic nitrogens is 1. The van der Waals surface area contributed by atoms with E-state index in [2.05, 4.69) is 122 Å². The number of aryl methyl sites for hydroxylation is 1. The van der Waals surface area contributed by atoms with Crippen LogP contribution in [-0.4, -0.2) is 4.98 Å². The van der Waals surface area contributed by atoms with Gasteiger partial charge in [-0.2, -0.15) is 0 Å². The zero-order valence-corrected chi connectivity index (χ0v) is 20.9. The Hall–Kier alpha value is -2.77. The van der Waals surface area contributed by atoms with Gasteiger partial charge in [-0.3, -0.25) is 0 Å². The molecule has 5 aromatic rings. The van der Waals surface area contributed by atoms with Gasteiger partial charge in [-0.25, -0.2) is 0 Å². The molecule has 0 aliphatic carbocycles. The van der Waals surface area contributed by atoms with Gasteiger partial charge < -0.3 is 0 Å². The molecule has 0 aliphatic heterocycles. The van der Waals surface area contributed by atoms with Crippen molar-refractivity contribution in [2.24, 2.45) is 0 Å². The maximum absolute atomic E-state index is 8.21. The van der Waals surface area contributed by atoms with Gasteiger partial charge in [0.15, 0.2) is 0 Å². The van der Waals surface area contributed by atoms with Gasteiger partial charge in [0.2, 0.25) is 0 Å². The molecule has 0 N–H and O–H groups in total. The fourth-order valence-electron chi connectivity index (χ4n) is 4.57. The molecule has 5 rings (SSSR count). The van der Waals surface area contributed by atoms with Gasteiger partial charge in [-0.1, -0.05) is 0 Å². The Labute approximate surface area is 204 Å². The average molecular weight is 486 g/mol. The van der Waals surface area contributed by atoms with Crippen molar-refractivity contribution < 1.29 is 0 Å². The van der Waals surface area contributed by atoms with Crippen molar-refractivity contribution in [3.8, 4) is 11.3 Å². The molecule has 0 amide bonds. The van der Waals surface area contributed by atoms with E-state index in [4.69, 9.17) is 16.2 Å². The third kappa shape index (κ3) is 3.83. The summed E-state index contributed by atoms with van der Waals surface area (Å²) in [6.07, 6.45) is 0.670. The molecular formula is C29H25ClNPS. The molecule has 0 bridgehead atoms. The van der Waals surface area contributed by atoms with Crippen LogP contribution in [0.3, 0.4) is 0 Å². The van der Waals surface area contributed by atoms with Gasteiger partial charge >= 0.3 is 205 Å². The van der Waals surface area contributed by atoms with E-state index in [0.717, 1.165) is 32.2 Å². The van der Waals surface area contributed by atoms with Crippen molar-refractivity contribution in [1.29, 1.82) is 0 Å². The minimum absolute atomic E-state index is 0.670. The van der Waals surface area contributed by atoms with Crippen molar-refractivity contribution in [2.45, 2.75) is 13.1 Å². The second kappa shape index (κ2) is 8.88. The molecule has 4 aromatic carbocycles. The van der Waals surface area contributed by atoms with Crippen molar-refractivity contribution in [3.63, 3.8) is 0 Å². The van der Waals surface area contributed by atoms with Crippen LogP contribution >= 0.6 is 28.5 Å². The Kier molecular flexibility index (Phi) is 5.93. The van der Waals surface area contributed by atoms with Gasteiger partial charge in [0.05, 0.1) is 0 Å². The number of hydrogen-bond donors (Lipinski definition) is 0. The molecule has 0 spiro atoms. The van der Waals surface area contributed by atoms with Crippen LogP contribution in [0.5, 0.6) is 0 Å². The summed E-state index contributed by atoms with van der Waals surface area (Å²) in [4.78, 5) is 6.37. The van der Waals surface area contributed by atoms with Crippen LogP contribution in [0.25, 0.3) is 11.3 Å². The first kappa shape index (κ1) is 22.0. The van der Waals surface area contributed by atoms with Gasteiger partial charge in [0, 0.05) is 0 Å². The van der Waals surface area contributed by atoms with E-state index in [9.17, 15) is 0 Å². The minimum atomic E-state index is -3.37. The first-order valence-electron chi connectivity index (χ1n) is 11.0. The zero-order chi connectivity index (χ0) is 22.8. The van der Waals surface area contributed by atoms with Crippen molar-refractivity contribution >= 4 is 44.4 Å². The van der Waals surface area contributed by atoms with Crippen molar-refractivity contribution in [1.82, 2.24) is 4.98 Å². The quantitative estimate of drug-likeness (QED) is 0.230. The van der Waals surface area contributed by atoms with Crippen molar-refractivity contribution in [3.05, 3.63) is 131 Å². The van der Waals surface area contributed by atoms with E-state index in [1.54, 1.807) is 11.3 Å². The number of benzene rings is 4. The first-order valence-corrected chi connectivity index (χ1v) is 15.2. The molecule has 0 fully saturated rings. The number of nitrogens with zero attached hydrogens (tertiary/aromatic N) is 1. The molecule has 1 heterocycles. The summed E-state index contributed by atoms with van der Waals surface area (Å²) in [6, 6.07) is 42.2. The Balaban J connectivity index is 1.77. The Morgan fingerprint density at radius 2 is 1.03 bits per heavy atom. The number of thiazole rings is 1. The Morgan fingerprint density at radius 1 is 0.636 bits per heavy atom. The second-order valence-corrected chi connectivity index (χ2v) is 16.0. The molecule has 1 nitrogen and oxygen atoms in total. The second-order valence-electron chi connectivity index (χ2n) is 8.23. The Morgan fingerprint density at radius 3 is 1.45 bits per heavy atom. The number of hydrogen-bond acceptors (Lipinski definition) is 2. The topological polar surface area (TPSA) is 12.9 Å². The van der Waals surface area contributed by atoms with E-state index in [1.807, 2.05) is 6.07 Å². The molecule has 164 valence electrons. The summed E-state index contributed by atoms with van der Waals surface area (Å²) in [5, 5.41) is 4.56. The zero-order valence-electron chi connectivity index (χ0n) is 18.4. The maximum atomic E-state index is 8.21. The normalized spacial score (nSPS) is 12.7. The summed E-state index contributed by atoms with van der Waals surface area (Å²) in [5.41, 5.74) is 2.19. The van der Waals surface area contributed by atoms with Crippen LogP contribution in [0.1, 0.15) is 9.88 Å². The van der Waals surface area contributed by atoms with E-state index in [1.165, 1.54) is 4.88 Å². The van der Waals surface area contributed by atoms with Crippen LogP contribution in [0, 0.1) is 6.92 Å². The van der Waals surface area contributed by atoms with Gasteiger partial charge in [0.25, 0.3) is 0 Å². The molecular weight excluding hydrogens is 461 g/mol. The summed E-state index contributed by atoms with van der Waals surface area (Å²) >= 11 is 9.97. The molecule has 4 heteroatoms. The van der Waals surface area contributed by atoms with Crippen LogP contribution in [0.4, 0.5) is 0 Å². The number of rotatable bonds is 6. The van der Waals surface area contributed by atoms with Crippen molar-refractivity contribution in [2.75, 3.05) is 0 Å². The SMILES string of the molecule is Cc1sc(CP(Cl)(c2ccccc2)(c2ccccc2)c2ccccc2)nc1-c1ccccc1. The average Bonchev–Trinajstić information content (AvgIpc) is 3.25. The molecule has 33 heavy (non-hydrogen) atoms. The monoisotopic (exact) mass is 485 g/mol. The van der Waals surface area contributed by atoms with Gasteiger partial charge in [-0.05, 0) is 0 Å². The molecule has 1 aromatic heterocycles. The molecule has 0 radical (unpaired) electrons. The number of halogens is 1. The van der Waals surface area contributed by atoms with Crippen LogP contribution in [0.15, 0.2) is 121 Å². The predicted octanol–water partition coefficient (Wildman–Crippen LogP) is 7.30. The van der Waals surface area contributed by atoms with Crippen LogP contribution < -0.4 is 15.9 Å². The van der Waals surface area contributed by atoms with Crippen LogP contribution in [0.2, 0.25) is 0 Å². The summed E-state index contributed by atoms with van der Waals surface area (Å²) in [7, 11) is 0. The van der Waals surface area contributed by atoms with Gasteiger partial charge in [0.1, 0.15) is 0 Å². The molecule has 0 unspecified atom stereocenters. The third-order valence-electron chi connectivity index (χ3n) is 6.20. The van der Waals surface area contributed by atoms with E-state index >= 15 is 0 Å². The summed E-state index contributed by atoms with van der Waals surface area (Å²) in [5.74, 6) is -3.37. The van der Waals surface area contributed by atoms with Gasteiger partial charge in [-0.15, -0.1) is 0 Å². The van der Waals surface area contributed by atoms with E-state index < -0.39 is 5.96 Å². The molecule has 0 saturated heterocycles. The molecule has 0 aliphatic rings. The fourth-order valence-corrected chi connectivity index (χ4v) is 12.3. The molecule has 0 saturated carbocycles. The molecule has 0 atom stereocenters. The van der Waals surface area contributed by atoms with Crippen LogP contribution in [-0.2, 0) is 6.16 Å². The first-order chi connectivity index (χ1) is 16.1. The summed E-state index contributed by atoms with van der Waals surface area (Å²) < 4.78 is 0. The fraction of sp³-hybridized carbons (Fsp3) is 0.0690. The predicted molar refractivity (Wildman–Crippen MR) is 147 cm³/mol. The van der Waals surface area contributed by atoms with E-state index in [-0.39, 0.29) is 0 Å². The third-order valence-corrected chi connectivity index (χ3v) is 14.5. The standard InChI is InChI=1S/C29H25ClNPS/c1-23-29(24-14-6-2-7-15-24)31-28(33-23)22-32(30,25-16-8-3-9-17-25,26-18-10-4-11-19-26)27-20-12-5-13-21-27/h2-21H,22H2,1H3. The summed E-state index contributed by atoms with van der Waals surface area (Å²) in [6.45, 7) is 2.15. The van der Waals surface area contributed by atoms with E-state index in [0.29, 0.717) is 6.16 Å². The Bertz CT molecular complexity index is 1250.